The van der Waals surface area contributed by atoms with Gasteiger partial charge in [-0.05, 0) is 87.2 Å². The van der Waals surface area contributed by atoms with E-state index in [1.165, 1.54) is 11.8 Å². The zero-order valence-corrected chi connectivity index (χ0v) is 43.3. The van der Waals surface area contributed by atoms with Crippen LogP contribution in [0.5, 0.6) is 0 Å². The van der Waals surface area contributed by atoms with Gasteiger partial charge in [0, 0.05) is 12.2 Å². The number of nitrogens with two attached hydrogens (primary N) is 3. The van der Waals surface area contributed by atoms with Crippen molar-refractivity contribution in [3.8, 4) is 0 Å². The van der Waals surface area contributed by atoms with E-state index in [1.807, 2.05) is 20.1 Å². The van der Waals surface area contributed by atoms with Gasteiger partial charge in [-0.2, -0.15) is 24.4 Å². The largest absolute Gasteiger partial charge is 0.480 e. The number of aliphatic hydroxyl groups is 1. The molecule has 23 nitrogen and oxygen atoms in total. The molecule has 0 aromatic rings. The molecule has 9 amide bonds. The molecular weight excluding hydrogens is 939 g/mol. The van der Waals surface area contributed by atoms with E-state index in [-0.39, 0.29) is 56.1 Å². The third-order valence-corrected chi connectivity index (χ3v) is 11.7. The summed E-state index contributed by atoms with van der Waals surface area (Å²) in [7, 11) is 0. The third kappa shape index (κ3) is 25.1. The van der Waals surface area contributed by atoms with Gasteiger partial charge < -0.3 is 69.9 Å². The Balaban J connectivity index is 6.19. The first-order valence-corrected chi connectivity index (χ1v) is 25.4. The van der Waals surface area contributed by atoms with E-state index in [1.54, 1.807) is 41.5 Å². The summed E-state index contributed by atoms with van der Waals surface area (Å²) in [5.74, 6) is -9.41. The minimum Gasteiger partial charge on any atom is -0.480 e. The molecule has 0 saturated carbocycles. The first-order chi connectivity index (χ1) is 32.2. The molecule has 0 aliphatic carbocycles. The third-order valence-electron chi connectivity index (χ3n) is 10.6. The highest BCUT2D eigenvalue weighted by Gasteiger charge is 2.36. The van der Waals surface area contributed by atoms with Gasteiger partial charge in [-0.15, -0.1) is 0 Å². The fourth-order valence-electron chi connectivity index (χ4n) is 6.67. The molecule has 16 N–H and O–H groups in total. The fourth-order valence-corrected chi connectivity index (χ4v) is 7.40. The van der Waals surface area contributed by atoms with E-state index in [0.29, 0.717) is 25.1 Å². The summed E-state index contributed by atoms with van der Waals surface area (Å²) in [6, 6.07) is -11.3. The van der Waals surface area contributed by atoms with Crippen molar-refractivity contribution >= 4 is 83.5 Å². The van der Waals surface area contributed by atoms with E-state index in [2.05, 4.69) is 55.2 Å². The Morgan fingerprint density at radius 2 is 0.942 bits per heavy atom. The number of hydrogen-bond donors (Lipinski definition) is 14. The summed E-state index contributed by atoms with van der Waals surface area (Å²) in [6.45, 7) is 13.3. The van der Waals surface area contributed by atoms with Gasteiger partial charge in [0.2, 0.25) is 53.2 Å². The number of carbonyl (C=O) groups is 10. The number of carbonyl (C=O) groups excluding carboxylic acids is 9. The van der Waals surface area contributed by atoms with Gasteiger partial charge in [0.1, 0.15) is 48.3 Å². The molecule has 0 heterocycles. The lowest BCUT2D eigenvalue weighted by Gasteiger charge is -2.30. The average Bonchev–Trinajstić information content (AvgIpc) is 3.26. The zero-order valence-electron chi connectivity index (χ0n) is 41.6. The maximum absolute atomic E-state index is 13.9. The summed E-state index contributed by atoms with van der Waals surface area (Å²) in [6.07, 6.45) is 3.05. The van der Waals surface area contributed by atoms with Crippen molar-refractivity contribution in [1.29, 1.82) is 0 Å². The number of aliphatic carboxylic acids is 1. The van der Waals surface area contributed by atoms with Crippen LogP contribution < -0.4 is 59.7 Å². The molecule has 0 aliphatic rings. The molecule has 0 aromatic heterocycles. The van der Waals surface area contributed by atoms with Gasteiger partial charge >= 0.3 is 5.97 Å². The molecule has 0 unspecified atom stereocenters. The first kappa shape index (κ1) is 64.3. The highest BCUT2D eigenvalue weighted by molar-refractivity contribution is 7.98. The van der Waals surface area contributed by atoms with Crippen LogP contribution in [-0.4, -0.2) is 155 Å². The van der Waals surface area contributed by atoms with Crippen LogP contribution in [0.1, 0.15) is 107 Å². The maximum Gasteiger partial charge on any atom is 0.326 e. The van der Waals surface area contributed by atoms with Crippen LogP contribution >= 0.6 is 24.4 Å². The van der Waals surface area contributed by atoms with Gasteiger partial charge in [0.15, 0.2) is 0 Å². The van der Waals surface area contributed by atoms with Crippen molar-refractivity contribution in [3.63, 3.8) is 0 Å². The number of rotatable bonds is 35. The number of primary amides is 1. The number of carboxylic acids is 1. The molecule has 0 radical (unpaired) electrons. The summed E-state index contributed by atoms with van der Waals surface area (Å²) >= 11 is 5.69. The number of thiol groups is 1. The average molecular weight is 1020 g/mol. The summed E-state index contributed by atoms with van der Waals surface area (Å²) < 4.78 is 0. The molecule has 0 spiro atoms. The topological polar surface area (TPSA) is 385 Å². The number of unbranched alkanes of at least 4 members (excludes halogenated alkanes) is 1. The molecule has 0 fully saturated rings. The van der Waals surface area contributed by atoms with Crippen molar-refractivity contribution in [2.24, 2.45) is 40.9 Å². The second-order valence-corrected chi connectivity index (χ2v) is 19.8. The highest BCUT2D eigenvalue weighted by Crippen LogP contribution is 2.13. The maximum atomic E-state index is 13.9. The highest BCUT2D eigenvalue weighted by atomic mass is 32.2. The molecule has 69 heavy (non-hydrogen) atoms. The number of carboxylic acid groups (broad SMARTS) is 1. The van der Waals surface area contributed by atoms with Crippen LogP contribution in [0, 0.1) is 23.7 Å². The van der Waals surface area contributed by atoms with Crippen molar-refractivity contribution in [2.75, 3.05) is 30.9 Å². The molecule has 396 valence electrons. The second-order valence-electron chi connectivity index (χ2n) is 18.5. The second kappa shape index (κ2) is 33.7. The predicted molar refractivity (Wildman–Crippen MR) is 265 cm³/mol. The predicted octanol–water partition coefficient (Wildman–Crippen LogP) is -2.25. The van der Waals surface area contributed by atoms with Gasteiger partial charge in [-0.25, -0.2) is 4.79 Å². The Morgan fingerprint density at radius 1 is 0.536 bits per heavy atom. The number of thioether (sulfide) groups is 1. The van der Waals surface area contributed by atoms with E-state index in [4.69, 9.17) is 17.2 Å². The number of hydrogen-bond acceptors (Lipinski definition) is 15. The Kier molecular flexibility index (Phi) is 31.4. The normalized spacial score (nSPS) is 15.3. The van der Waals surface area contributed by atoms with Gasteiger partial charge in [-0.1, -0.05) is 55.4 Å². The Labute approximate surface area is 415 Å². The lowest BCUT2D eigenvalue weighted by molar-refractivity contribution is -0.142. The van der Waals surface area contributed by atoms with Crippen LogP contribution in [0.2, 0.25) is 0 Å². The Hall–Kier alpha value is -4.72. The van der Waals surface area contributed by atoms with E-state index in [0.717, 1.165) is 0 Å². The van der Waals surface area contributed by atoms with Crippen molar-refractivity contribution in [3.05, 3.63) is 0 Å². The molecule has 0 bridgehead atoms. The quantitative estimate of drug-likeness (QED) is 0.0236. The van der Waals surface area contributed by atoms with Gasteiger partial charge in [-0.3, -0.25) is 43.2 Å². The molecule has 0 aromatic carbocycles. The lowest BCUT2D eigenvalue weighted by Crippen LogP contribution is -2.62. The van der Waals surface area contributed by atoms with Crippen LogP contribution in [0.3, 0.4) is 0 Å². The standard InChI is InChI=1S/C44H81N11O12S2/c1-22(2)18-29(38(60)48-27(15-17-69-9)37(59)49-28(44(66)67)12-10-11-16-45)51-42(64)34(24(5)6)55-41(63)32(21-68)53-43(65)35(25(7)8)54-39(61)30(19-23(3)4)50-40(62)31(20-56)52-36(58)26(46)13-14-33(47)57/h22-32,34-35,56,68H,10-21,45-46H2,1-9H3,(H2,47,57)(H,48,60)(H,49,59)(H,50,62)(H,51,64)(H,52,58)(H,53,65)(H,54,61)(H,55,63)(H,66,67)/t26-,27-,28-,29-,30-,31-,32-,34-,35-/m0/s1. The smallest absolute Gasteiger partial charge is 0.326 e. The van der Waals surface area contributed by atoms with E-state index >= 15 is 0 Å². The van der Waals surface area contributed by atoms with E-state index < -0.39 is 132 Å². The molecule has 0 rings (SSSR count). The summed E-state index contributed by atoms with van der Waals surface area (Å²) in [5, 5.41) is 40.2. The number of nitrogens with one attached hydrogen (secondary N) is 8. The van der Waals surface area contributed by atoms with Gasteiger partial charge in [0.25, 0.3) is 0 Å². The van der Waals surface area contributed by atoms with Crippen LogP contribution in [0.15, 0.2) is 0 Å². The summed E-state index contributed by atoms with van der Waals surface area (Å²) in [4.78, 5) is 131. The van der Waals surface area contributed by atoms with E-state index in [9.17, 15) is 58.2 Å². The number of aliphatic hydroxyl groups excluding tert-OH is 1. The molecular formula is C44H81N11O12S2. The monoisotopic (exact) mass is 1020 g/mol. The fraction of sp³-hybridized carbons (Fsp3) is 0.773. The molecule has 25 heteroatoms. The number of amides is 9. The van der Waals surface area contributed by atoms with Gasteiger partial charge in [0.05, 0.1) is 12.6 Å². The molecule has 9 atom stereocenters. The lowest BCUT2D eigenvalue weighted by atomic mass is 9.99. The van der Waals surface area contributed by atoms with Crippen LogP contribution in [0.4, 0.5) is 0 Å². The molecule has 0 saturated heterocycles. The SMILES string of the molecule is CSCC[C@H](NC(=O)[C@H](CC(C)C)NC(=O)[C@@H](NC(=O)[C@H](CS)NC(=O)[C@@H](NC(=O)[C@H](CC(C)C)NC(=O)[C@H](CO)NC(=O)[C@@H](N)CCC(N)=O)C(C)C)C(C)C)C(=O)N[C@@H](CCCCN)C(=O)O. The minimum atomic E-state index is -1.52. The first-order valence-electron chi connectivity index (χ1n) is 23.3. The van der Waals surface area contributed by atoms with Crippen LogP contribution in [-0.2, 0) is 47.9 Å². The minimum absolute atomic E-state index is 0.0748. The Bertz CT molecular complexity index is 1710. The van der Waals surface area contributed by atoms with Crippen LogP contribution in [0.25, 0.3) is 0 Å². The Morgan fingerprint density at radius 3 is 1.36 bits per heavy atom. The van der Waals surface area contributed by atoms with Crippen molar-refractivity contribution in [2.45, 2.75) is 161 Å². The van der Waals surface area contributed by atoms with Crippen molar-refractivity contribution in [1.82, 2.24) is 42.5 Å². The van der Waals surface area contributed by atoms with Crippen molar-refractivity contribution < 1.29 is 58.2 Å². The summed E-state index contributed by atoms with van der Waals surface area (Å²) in [5.41, 5.74) is 16.4. The molecule has 0 aliphatic heterocycles. The zero-order chi connectivity index (χ0) is 53.1.